The molecule has 0 aliphatic carbocycles. The molecule has 0 bridgehead atoms. The highest BCUT2D eigenvalue weighted by Crippen LogP contribution is 2.38. The minimum atomic E-state index is -4.72. The number of Topliss-reactive ketones (excluding diaryl/α,β-unsaturated/α-hetero) is 1. The van der Waals surface area contributed by atoms with Crippen LogP contribution in [-0.4, -0.2) is 30.8 Å². The van der Waals surface area contributed by atoms with E-state index in [4.69, 9.17) is 4.52 Å². The topological polar surface area (TPSA) is 94.0 Å². The van der Waals surface area contributed by atoms with Crippen LogP contribution < -0.4 is 0 Å². The lowest BCUT2D eigenvalue weighted by atomic mass is 10.0. The molecule has 1 N–H and O–H groups in total. The second-order valence-electron chi connectivity index (χ2n) is 7.67. The van der Waals surface area contributed by atoms with Gasteiger partial charge in [0.25, 0.3) is 5.89 Å². The summed E-state index contributed by atoms with van der Waals surface area (Å²) in [5.74, 6) is -0.538. The van der Waals surface area contributed by atoms with E-state index in [2.05, 4.69) is 15.2 Å². The van der Waals surface area contributed by atoms with Crippen LogP contribution in [-0.2, 0) is 11.0 Å². The third-order valence-electron chi connectivity index (χ3n) is 5.26. The number of benzene rings is 2. The van der Waals surface area contributed by atoms with E-state index in [1.165, 1.54) is 12.1 Å². The summed E-state index contributed by atoms with van der Waals surface area (Å²) in [6.45, 7) is 1.96. The lowest BCUT2D eigenvalue weighted by Gasteiger charge is -2.11. The number of aromatic nitrogens is 4. The van der Waals surface area contributed by atoms with Crippen LogP contribution >= 0.6 is 0 Å². The van der Waals surface area contributed by atoms with Crippen molar-refractivity contribution in [3.05, 3.63) is 72.1 Å². The number of unbranched alkanes of at least 4 members (excludes halogenated alkanes) is 1. The first-order valence-electron chi connectivity index (χ1n) is 10.7. The number of hydrogen-bond donors (Lipinski definition) is 1. The van der Waals surface area contributed by atoms with Gasteiger partial charge in [0.1, 0.15) is 6.10 Å². The Hall–Kier alpha value is -3.79. The van der Waals surface area contributed by atoms with Gasteiger partial charge in [-0.1, -0.05) is 61.0 Å². The zero-order valence-corrected chi connectivity index (χ0v) is 18.2. The van der Waals surface area contributed by atoms with Crippen molar-refractivity contribution in [1.29, 1.82) is 0 Å². The number of ketones is 1. The van der Waals surface area contributed by atoms with Gasteiger partial charge in [-0.2, -0.15) is 23.3 Å². The number of rotatable bonds is 8. The van der Waals surface area contributed by atoms with E-state index in [9.17, 15) is 23.1 Å². The van der Waals surface area contributed by atoms with Crippen LogP contribution in [0.3, 0.4) is 0 Å². The largest absolute Gasteiger partial charge is 0.434 e. The van der Waals surface area contributed by atoms with Crippen LogP contribution in [0.4, 0.5) is 13.2 Å². The van der Waals surface area contributed by atoms with Gasteiger partial charge in [0, 0.05) is 12.0 Å². The Kier molecular flexibility index (Phi) is 6.60. The van der Waals surface area contributed by atoms with Gasteiger partial charge in [-0.3, -0.25) is 4.79 Å². The molecule has 4 aromatic rings. The smallest absolute Gasteiger partial charge is 0.381 e. The second-order valence-corrected chi connectivity index (χ2v) is 7.67. The lowest BCUT2D eigenvalue weighted by Crippen LogP contribution is -2.14. The number of carbonyl (C=O) groups is 1. The number of alkyl halides is 3. The van der Waals surface area contributed by atoms with Gasteiger partial charge in [0.2, 0.25) is 5.82 Å². The summed E-state index contributed by atoms with van der Waals surface area (Å²) in [6, 6.07) is 14.2. The Morgan fingerprint density at radius 3 is 2.47 bits per heavy atom. The molecule has 7 nitrogen and oxygen atoms in total. The summed E-state index contributed by atoms with van der Waals surface area (Å²) in [7, 11) is 0. The fraction of sp³-hybridized carbons (Fsp3) is 0.250. The van der Waals surface area contributed by atoms with Gasteiger partial charge in [-0.05, 0) is 24.1 Å². The van der Waals surface area contributed by atoms with E-state index < -0.39 is 18.0 Å². The zero-order valence-electron chi connectivity index (χ0n) is 18.2. The van der Waals surface area contributed by atoms with Crippen LogP contribution in [0.5, 0.6) is 0 Å². The van der Waals surface area contributed by atoms with Crippen molar-refractivity contribution in [2.24, 2.45) is 0 Å². The van der Waals surface area contributed by atoms with E-state index in [0.29, 0.717) is 17.5 Å². The van der Waals surface area contributed by atoms with Gasteiger partial charge in [-0.25, -0.2) is 4.68 Å². The fourth-order valence-electron chi connectivity index (χ4n) is 3.48. The molecule has 2 aromatic heterocycles. The molecule has 1 atom stereocenters. The molecule has 4 rings (SSSR count). The van der Waals surface area contributed by atoms with Crippen molar-refractivity contribution in [3.63, 3.8) is 0 Å². The molecule has 0 saturated heterocycles. The number of aliphatic hydroxyl groups is 1. The van der Waals surface area contributed by atoms with Crippen LogP contribution in [0.25, 0.3) is 28.5 Å². The SMILES string of the molecule is CCCCC(=O)C(O)c1ccc(-c2noc(-c3cnn(-c4ccccc4)c3C(F)(F)F)n2)cc1. The summed E-state index contributed by atoms with van der Waals surface area (Å²) >= 11 is 0. The van der Waals surface area contributed by atoms with Gasteiger partial charge < -0.3 is 9.63 Å². The molecule has 176 valence electrons. The lowest BCUT2D eigenvalue weighted by molar-refractivity contribution is -0.142. The first-order chi connectivity index (χ1) is 16.3. The molecule has 0 fully saturated rings. The predicted octanol–water partition coefficient (Wildman–Crippen LogP) is 5.40. The first kappa shape index (κ1) is 23.4. The second kappa shape index (κ2) is 9.60. The molecular formula is C24H21F3N4O3. The van der Waals surface area contributed by atoms with Gasteiger partial charge in [0.05, 0.1) is 17.4 Å². The van der Waals surface area contributed by atoms with Crippen molar-refractivity contribution in [1.82, 2.24) is 19.9 Å². The Balaban J connectivity index is 1.62. The van der Waals surface area contributed by atoms with Crippen molar-refractivity contribution in [2.75, 3.05) is 0 Å². The Bertz CT molecular complexity index is 1260. The van der Waals surface area contributed by atoms with E-state index >= 15 is 0 Å². The molecule has 0 aliphatic rings. The van der Waals surface area contributed by atoms with E-state index in [0.717, 1.165) is 17.3 Å². The molecule has 10 heteroatoms. The standard InChI is InChI=1S/C24H21F3N4O3/c1-2-3-9-19(32)20(33)15-10-12-16(13-11-15)22-29-23(34-30-22)18-14-28-31(21(18)24(25,26)27)17-7-5-4-6-8-17/h4-8,10-14,20,33H,2-3,9H2,1H3. The van der Waals surface area contributed by atoms with Gasteiger partial charge in [-0.15, -0.1) is 0 Å². The predicted molar refractivity (Wildman–Crippen MR) is 117 cm³/mol. The number of halogens is 3. The molecular weight excluding hydrogens is 449 g/mol. The zero-order chi connectivity index (χ0) is 24.3. The molecule has 2 aromatic carbocycles. The molecule has 34 heavy (non-hydrogen) atoms. The normalized spacial score (nSPS) is 12.6. The quantitative estimate of drug-likeness (QED) is 0.371. The van der Waals surface area contributed by atoms with Crippen LogP contribution in [0.1, 0.15) is 43.5 Å². The van der Waals surface area contributed by atoms with Crippen LogP contribution in [0, 0.1) is 0 Å². The third kappa shape index (κ3) is 4.76. The third-order valence-corrected chi connectivity index (χ3v) is 5.26. The average molecular weight is 470 g/mol. The summed E-state index contributed by atoms with van der Waals surface area (Å²) in [6.07, 6.45) is -3.10. The number of carbonyl (C=O) groups excluding carboxylic acids is 1. The van der Waals surface area contributed by atoms with Gasteiger partial charge in [0.15, 0.2) is 11.5 Å². The van der Waals surface area contributed by atoms with Crippen molar-refractivity contribution < 1.29 is 27.6 Å². The van der Waals surface area contributed by atoms with E-state index in [-0.39, 0.29) is 35.2 Å². The maximum atomic E-state index is 13.9. The summed E-state index contributed by atoms with van der Waals surface area (Å²) in [4.78, 5) is 16.2. The molecule has 0 radical (unpaired) electrons. The highest BCUT2D eigenvalue weighted by Gasteiger charge is 2.40. The van der Waals surface area contributed by atoms with Crippen molar-refractivity contribution in [3.8, 4) is 28.5 Å². The average Bonchev–Trinajstić information content (AvgIpc) is 3.50. The summed E-state index contributed by atoms with van der Waals surface area (Å²) < 4.78 is 47.6. The van der Waals surface area contributed by atoms with E-state index in [1.807, 2.05) is 6.92 Å². The molecule has 0 amide bonds. The number of nitrogens with zero attached hydrogens (tertiary/aromatic N) is 4. The number of hydrogen-bond acceptors (Lipinski definition) is 6. The van der Waals surface area contributed by atoms with Crippen molar-refractivity contribution >= 4 is 5.78 Å². The molecule has 2 heterocycles. The van der Waals surface area contributed by atoms with Crippen LogP contribution in [0.2, 0.25) is 0 Å². The summed E-state index contributed by atoms with van der Waals surface area (Å²) in [5.41, 5.74) is -0.266. The minimum Gasteiger partial charge on any atom is -0.381 e. The minimum absolute atomic E-state index is 0.0638. The Morgan fingerprint density at radius 1 is 1.12 bits per heavy atom. The van der Waals surface area contributed by atoms with E-state index in [1.54, 1.807) is 42.5 Å². The Morgan fingerprint density at radius 2 is 1.82 bits per heavy atom. The number of aliphatic hydroxyl groups excluding tert-OH is 1. The fourth-order valence-corrected chi connectivity index (χ4v) is 3.48. The molecule has 0 spiro atoms. The summed E-state index contributed by atoms with van der Waals surface area (Å²) in [5, 5.41) is 17.9. The highest BCUT2D eigenvalue weighted by atomic mass is 19.4. The van der Waals surface area contributed by atoms with Crippen molar-refractivity contribution in [2.45, 2.75) is 38.5 Å². The first-order valence-corrected chi connectivity index (χ1v) is 10.7. The Labute approximate surface area is 192 Å². The maximum absolute atomic E-state index is 13.9. The van der Waals surface area contributed by atoms with Gasteiger partial charge >= 0.3 is 6.18 Å². The van der Waals surface area contributed by atoms with Crippen LogP contribution in [0.15, 0.2) is 65.3 Å². The monoisotopic (exact) mass is 470 g/mol. The molecule has 1 unspecified atom stereocenters. The maximum Gasteiger partial charge on any atom is 0.434 e. The highest BCUT2D eigenvalue weighted by molar-refractivity contribution is 5.84. The molecule has 0 aliphatic heterocycles. The molecule has 0 saturated carbocycles. The number of para-hydroxylation sites is 1.